The Labute approximate surface area is 279 Å². The molecular formula is C37H31N5O7. The molecule has 3 aromatic carbocycles. The Morgan fingerprint density at radius 1 is 0.980 bits per heavy atom. The first-order valence-electron chi connectivity index (χ1n) is 16.0. The zero-order chi connectivity index (χ0) is 34.2. The number of anilines is 1. The molecule has 246 valence electrons. The smallest absolute Gasteiger partial charge is 0.413 e. The number of para-hydroxylation sites is 1. The van der Waals surface area contributed by atoms with Crippen molar-refractivity contribution in [2.24, 2.45) is 0 Å². The SMILES string of the molecule is CC[C@@]1(OC(=O)Nc2cc3c4c(cccc4c2)C(=O)N(CCN(C)C)C3=O)C(=O)OCc2c1cc1n(c2=O)Cc2cc3ccccc3nc2-1. The van der Waals surface area contributed by atoms with Gasteiger partial charge in [-0.15, -0.1) is 0 Å². The highest BCUT2D eigenvalue weighted by Gasteiger charge is 2.50. The second-order valence-corrected chi connectivity index (χ2v) is 12.8. The third-order valence-electron chi connectivity index (χ3n) is 9.60. The second kappa shape index (κ2) is 11.1. The summed E-state index contributed by atoms with van der Waals surface area (Å²) in [5.41, 5.74) is 1.88. The summed E-state index contributed by atoms with van der Waals surface area (Å²) >= 11 is 0. The van der Waals surface area contributed by atoms with Crippen LogP contribution in [0.2, 0.25) is 0 Å². The van der Waals surface area contributed by atoms with Crippen LogP contribution >= 0.6 is 0 Å². The number of ether oxygens (including phenoxy) is 2. The van der Waals surface area contributed by atoms with E-state index in [2.05, 4.69) is 5.32 Å². The molecule has 49 heavy (non-hydrogen) atoms. The van der Waals surface area contributed by atoms with Crippen molar-refractivity contribution in [2.75, 3.05) is 32.5 Å². The normalized spacial score (nSPS) is 17.6. The molecule has 3 aliphatic rings. The third kappa shape index (κ3) is 4.62. The number of fused-ring (bicyclic) bond motifs is 5. The van der Waals surface area contributed by atoms with Gasteiger partial charge in [0.1, 0.15) is 6.61 Å². The van der Waals surface area contributed by atoms with Gasteiger partial charge in [-0.1, -0.05) is 37.3 Å². The maximum Gasteiger partial charge on any atom is 0.413 e. The van der Waals surface area contributed by atoms with Gasteiger partial charge >= 0.3 is 12.1 Å². The van der Waals surface area contributed by atoms with Crippen molar-refractivity contribution < 1.29 is 28.7 Å². The number of pyridine rings is 2. The van der Waals surface area contributed by atoms with Crippen molar-refractivity contribution >= 4 is 51.2 Å². The van der Waals surface area contributed by atoms with Gasteiger partial charge < -0.3 is 18.9 Å². The molecule has 3 amide bonds. The maximum absolute atomic E-state index is 13.9. The number of likely N-dealkylation sites (N-methyl/N-ethyl adjacent to an activating group) is 1. The van der Waals surface area contributed by atoms with Gasteiger partial charge in [0.15, 0.2) is 0 Å². The predicted molar refractivity (Wildman–Crippen MR) is 180 cm³/mol. The Kier molecular flexibility index (Phi) is 6.90. The van der Waals surface area contributed by atoms with Crippen LogP contribution in [-0.4, -0.2) is 70.4 Å². The van der Waals surface area contributed by atoms with Gasteiger partial charge in [0.05, 0.1) is 34.6 Å². The van der Waals surface area contributed by atoms with E-state index in [1.165, 1.54) is 11.0 Å². The van der Waals surface area contributed by atoms with Crippen molar-refractivity contribution in [3.63, 3.8) is 0 Å². The van der Waals surface area contributed by atoms with E-state index in [1.807, 2.05) is 49.3 Å². The Morgan fingerprint density at radius 3 is 2.55 bits per heavy atom. The third-order valence-corrected chi connectivity index (χ3v) is 9.60. The van der Waals surface area contributed by atoms with Gasteiger partial charge in [-0.25, -0.2) is 14.6 Å². The number of nitrogens with one attached hydrogen (secondary N) is 1. The van der Waals surface area contributed by atoms with Crippen molar-refractivity contribution in [2.45, 2.75) is 32.1 Å². The van der Waals surface area contributed by atoms with E-state index in [1.54, 1.807) is 41.8 Å². The number of hydrogen-bond acceptors (Lipinski definition) is 9. The van der Waals surface area contributed by atoms with Crippen LogP contribution in [0.25, 0.3) is 33.1 Å². The summed E-state index contributed by atoms with van der Waals surface area (Å²) < 4.78 is 13.0. The first kappa shape index (κ1) is 30.5. The fourth-order valence-corrected chi connectivity index (χ4v) is 7.12. The highest BCUT2D eigenvalue weighted by Crippen LogP contribution is 2.41. The van der Waals surface area contributed by atoms with Gasteiger partial charge in [-0.2, -0.15) is 0 Å². The monoisotopic (exact) mass is 657 g/mol. The van der Waals surface area contributed by atoms with E-state index in [-0.39, 0.29) is 53.4 Å². The van der Waals surface area contributed by atoms with Crippen LogP contribution in [0, 0.1) is 0 Å². The standard InChI is InChI=1S/C37H31N5O7/c1-4-37(27-17-29-31-22(14-20-8-5-6-11-28(20)39-31)18-42(29)34(45)26(27)19-48-35(37)46)49-36(47)38-23-15-21-9-7-10-24-30(21)25(16-23)33(44)41(32(24)43)13-12-40(2)3/h5-11,14-17H,4,12-13,18-19H2,1-3H3,(H,38,47)/t37-/m0/s1. The Balaban J connectivity index is 1.16. The maximum atomic E-state index is 13.9. The number of benzene rings is 3. The fraction of sp³-hybridized carbons (Fsp3) is 0.243. The lowest BCUT2D eigenvalue weighted by Crippen LogP contribution is -2.48. The number of hydrogen-bond donors (Lipinski definition) is 1. The zero-order valence-corrected chi connectivity index (χ0v) is 27.0. The number of nitrogens with zero attached hydrogens (tertiary/aromatic N) is 4. The lowest BCUT2D eigenvalue weighted by Gasteiger charge is -2.35. The van der Waals surface area contributed by atoms with Crippen molar-refractivity contribution in [3.8, 4) is 11.4 Å². The summed E-state index contributed by atoms with van der Waals surface area (Å²) in [6, 6.07) is 19.7. The zero-order valence-electron chi connectivity index (χ0n) is 27.0. The summed E-state index contributed by atoms with van der Waals surface area (Å²) in [7, 11) is 3.71. The number of aromatic nitrogens is 2. The summed E-state index contributed by atoms with van der Waals surface area (Å²) in [6.45, 7) is 2.41. The van der Waals surface area contributed by atoms with Crippen LogP contribution in [0.3, 0.4) is 0 Å². The van der Waals surface area contributed by atoms with E-state index in [4.69, 9.17) is 14.5 Å². The lowest BCUT2D eigenvalue weighted by atomic mass is 9.85. The molecule has 5 heterocycles. The molecule has 0 fully saturated rings. The average molecular weight is 658 g/mol. The molecule has 0 saturated heterocycles. The first-order chi connectivity index (χ1) is 23.6. The Bertz CT molecular complexity index is 2360. The second-order valence-electron chi connectivity index (χ2n) is 12.8. The minimum atomic E-state index is -1.92. The van der Waals surface area contributed by atoms with Crippen molar-refractivity contribution in [1.29, 1.82) is 0 Å². The van der Waals surface area contributed by atoms with Gasteiger partial charge in [0, 0.05) is 46.2 Å². The van der Waals surface area contributed by atoms with Gasteiger partial charge in [-0.05, 0) is 62.3 Å². The Morgan fingerprint density at radius 2 is 1.76 bits per heavy atom. The molecule has 8 rings (SSSR count). The van der Waals surface area contributed by atoms with Crippen molar-refractivity contribution in [1.82, 2.24) is 19.4 Å². The van der Waals surface area contributed by atoms with E-state index >= 15 is 0 Å². The Hall–Kier alpha value is -5.88. The molecule has 0 radical (unpaired) electrons. The summed E-state index contributed by atoms with van der Waals surface area (Å²) in [6.07, 6.45) is -0.996. The van der Waals surface area contributed by atoms with Gasteiger partial charge in [0.25, 0.3) is 17.4 Å². The molecule has 0 bridgehead atoms. The number of rotatable bonds is 6. The number of carbonyl (C=O) groups is 4. The van der Waals surface area contributed by atoms with Crippen molar-refractivity contribution in [3.05, 3.63) is 105 Å². The summed E-state index contributed by atoms with van der Waals surface area (Å²) in [5.74, 6) is -1.65. The molecule has 1 atom stereocenters. The molecule has 3 aliphatic heterocycles. The van der Waals surface area contributed by atoms with Crippen LogP contribution in [-0.2, 0) is 33.0 Å². The lowest BCUT2D eigenvalue weighted by molar-refractivity contribution is -0.171. The number of cyclic esters (lactones) is 1. The topological polar surface area (TPSA) is 140 Å². The van der Waals surface area contributed by atoms with Crippen LogP contribution in [0.15, 0.2) is 71.5 Å². The summed E-state index contributed by atoms with van der Waals surface area (Å²) in [5, 5.41) is 4.71. The van der Waals surface area contributed by atoms with Crippen LogP contribution in [0.1, 0.15) is 50.8 Å². The minimum absolute atomic E-state index is 0.0130. The summed E-state index contributed by atoms with van der Waals surface area (Å²) in [4.78, 5) is 75.8. The van der Waals surface area contributed by atoms with Crippen LogP contribution in [0.5, 0.6) is 0 Å². The molecule has 0 saturated carbocycles. The predicted octanol–water partition coefficient (Wildman–Crippen LogP) is 4.65. The fourth-order valence-electron chi connectivity index (χ4n) is 7.12. The quantitative estimate of drug-likeness (QED) is 0.200. The van der Waals surface area contributed by atoms with Crippen LogP contribution in [0.4, 0.5) is 10.5 Å². The highest BCUT2D eigenvalue weighted by atomic mass is 16.6. The molecule has 0 spiro atoms. The molecule has 0 unspecified atom stereocenters. The average Bonchev–Trinajstić information content (AvgIpc) is 3.44. The molecule has 1 N–H and O–H groups in total. The molecule has 0 aliphatic carbocycles. The van der Waals surface area contributed by atoms with Crippen LogP contribution < -0.4 is 10.9 Å². The molecule has 12 heteroatoms. The minimum Gasteiger partial charge on any atom is -0.457 e. The van der Waals surface area contributed by atoms with Gasteiger partial charge in [0.2, 0.25) is 5.60 Å². The number of amides is 3. The van der Waals surface area contributed by atoms with E-state index < -0.39 is 23.6 Å². The largest absolute Gasteiger partial charge is 0.457 e. The molecular weight excluding hydrogens is 626 g/mol. The number of esters is 1. The van der Waals surface area contributed by atoms with E-state index in [9.17, 15) is 24.0 Å². The number of imide groups is 1. The first-order valence-corrected chi connectivity index (χ1v) is 16.0. The van der Waals surface area contributed by atoms with Gasteiger partial charge in [-0.3, -0.25) is 24.6 Å². The molecule has 12 nitrogen and oxygen atoms in total. The number of carbonyl (C=O) groups excluding carboxylic acids is 4. The van der Waals surface area contributed by atoms with E-state index in [0.29, 0.717) is 40.8 Å². The molecule has 2 aromatic heterocycles. The van der Waals surface area contributed by atoms with E-state index in [0.717, 1.165) is 16.5 Å². The molecule has 5 aromatic rings. The highest BCUT2D eigenvalue weighted by molar-refractivity contribution is 6.26.